The summed E-state index contributed by atoms with van der Waals surface area (Å²) in [4.78, 5) is 12.1. The summed E-state index contributed by atoms with van der Waals surface area (Å²) in [5.41, 5.74) is 1.31. The molecule has 0 radical (unpaired) electrons. The number of benzene rings is 1. The highest BCUT2D eigenvalue weighted by Gasteiger charge is 2.23. The van der Waals surface area contributed by atoms with E-state index in [1.807, 2.05) is 18.2 Å². The Kier molecular flexibility index (Phi) is 3.76. The highest BCUT2D eigenvalue weighted by molar-refractivity contribution is 9.10. The maximum Gasteiger partial charge on any atom is 0.356 e. The van der Waals surface area contributed by atoms with E-state index in [0.29, 0.717) is 18.2 Å². The van der Waals surface area contributed by atoms with Crippen LogP contribution in [0.25, 0.3) is 10.9 Å². The van der Waals surface area contributed by atoms with E-state index in [1.54, 1.807) is 4.68 Å². The average Bonchev–Trinajstić information content (AvgIpc) is 3.05. The molecule has 1 aromatic carbocycles. The Bertz CT molecular complexity index is 647. The predicted octanol–water partition coefficient (Wildman–Crippen LogP) is 2.62. The molecule has 106 valence electrons. The molecule has 0 amide bonds. The molecule has 1 atom stereocenters. The first-order chi connectivity index (χ1) is 9.69. The van der Waals surface area contributed by atoms with E-state index in [9.17, 15) is 4.79 Å². The maximum absolute atomic E-state index is 12.1. The molecule has 0 saturated carbocycles. The van der Waals surface area contributed by atoms with Crippen LogP contribution in [0, 0.1) is 5.92 Å². The van der Waals surface area contributed by atoms with Gasteiger partial charge in [0.05, 0.1) is 19.2 Å². The molecule has 1 aromatic heterocycles. The zero-order chi connectivity index (χ0) is 14.1. The number of methoxy groups -OCH3 is 1. The zero-order valence-corrected chi connectivity index (χ0v) is 12.7. The van der Waals surface area contributed by atoms with E-state index in [1.165, 1.54) is 7.11 Å². The molecule has 6 heteroatoms. The summed E-state index contributed by atoms with van der Waals surface area (Å²) in [5, 5.41) is 5.34. The van der Waals surface area contributed by atoms with Gasteiger partial charge in [-0.1, -0.05) is 15.9 Å². The van der Waals surface area contributed by atoms with Gasteiger partial charge >= 0.3 is 5.97 Å². The van der Waals surface area contributed by atoms with Gasteiger partial charge in [-0.15, -0.1) is 0 Å². The van der Waals surface area contributed by atoms with Gasteiger partial charge in [0.1, 0.15) is 0 Å². The van der Waals surface area contributed by atoms with Crippen LogP contribution in [0.1, 0.15) is 16.9 Å². The summed E-state index contributed by atoms with van der Waals surface area (Å²) in [7, 11) is 1.39. The lowest BCUT2D eigenvalue weighted by Gasteiger charge is -2.10. The molecule has 1 saturated heterocycles. The van der Waals surface area contributed by atoms with Gasteiger partial charge in [-0.05, 0) is 24.6 Å². The zero-order valence-electron chi connectivity index (χ0n) is 11.1. The summed E-state index contributed by atoms with van der Waals surface area (Å²) in [5.74, 6) is 0.0423. The van der Waals surface area contributed by atoms with Crippen molar-refractivity contribution < 1.29 is 14.3 Å². The minimum Gasteiger partial charge on any atom is -0.464 e. The lowest BCUT2D eigenvalue weighted by atomic mass is 10.1. The van der Waals surface area contributed by atoms with Gasteiger partial charge < -0.3 is 9.47 Å². The normalized spacial score (nSPS) is 18.6. The van der Waals surface area contributed by atoms with Crippen LogP contribution >= 0.6 is 15.9 Å². The molecular formula is C14H15BrN2O3. The second-order valence-electron chi connectivity index (χ2n) is 4.91. The third-order valence-corrected chi connectivity index (χ3v) is 4.03. The molecule has 0 bridgehead atoms. The van der Waals surface area contributed by atoms with Gasteiger partial charge in [-0.3, -0.25) is 4.68 Å². The third-order valence-electron chi connectivity index (χ3n) is 3.53. The number of ether oxygens (including phenoxy) is 2. The molecule has 0 spiro atoms. The number of nitrogens with zero attached hydrogens (tertiary/aromatic N) is 2. The standard InChI is InChI=1S/C14H15BrN2O3/c1-19-14(18)13-11-6-10(15)2-3-12(11)16-17(13)7-9-4-5-20-8-9/h2-3,6,9H,4-5,7-8H2,1H3. The number of hydrogen-bond acceptors (Lipinski definition) is 4. The summed E-state index contributed by atoms with van der Waals surface area (Å²) >= 11 is 3.43. The Morgan fingerprint density at radius 1 is 1.60 bits per heavy atom. The van der Waals surface area contributed by atoms with Gasteiger partial charge in [0.15, 0.2) is 5.69 Å². The van der Waals surface area contributed by atoms with Crippen molar-refractivity contribution in [3.63, 3.8) is 0 Å². The van der Waals surface area contributed by atoms with E-state index in [0.717, 1.165) is 35.0 Å². The van der Waals surface area contributed by atoms with E-state index in [2.05, 4.69) is 21.0 Å². The first kappa shape index (κ1) is 13.6. The van der Waals surface area contributed by atoms with Gasteiger partial charge in [0.2, 0.25) is 0 Å². The van der Waals surface area contributed by atoms with Crippen molar-refractivity contribution in [3.05, 3.63) is 28.4 Å². The Morgan fingerprint density at radius 2 is 2.45 bits per heavy atom. The number of fused-ring (bicyclic) bond motifs is 1. The third kappa shape index (κ3) is 2.45. The second kappa shape index (κ2) is 5.54. The van der Waals surface area contributed by atoms with Gasteiger partial charge in [-0.25, -0.2) is 4.79 Å². The van der Waals surface area contributed by atoms with Crippen molar-refractivity contribution in [2.24, 2.45) is 5.92 Å². The van der Waals surface area contributed by atoms with Crippen LogP contribution in [0.4, 0.5) is 0 Å². The molecule has 2 heterocycles. The van der Waals surface area contributed by atoms with Gasteiger partial charge in [0.25, 0.3) is 0 Å². The smallest absolute Gasteiger partial charge is 0.356 e. The first-order valence-electron chi connectivity index (χ1n) is 6.51. The topological polar surface area (TPSA) is 53.3 Å². The highest BCUT2D eigenvalue weighted by atomic mass is 79.9. The minimum atomic E-state index is -0.357. The average molecular weight is 339 g/mol. The Balaban J connectivity index is 2.06. The Morgan fingerprint density at radius 3 is 3.15 bits per heavy atom. The molecule has 1 unspecified atom stereocenters. The number of esters is 1. The number of carbonyl (C=O) groups is 1. The van der Waals surface area contributed by atoms with Crippen molar-refractivity contribution in [3.8, 4) is 0 Å². The van der Waals surface area contributed by atoms with Crippen molar-refractivity contribution in [2.75, 3.05) is 20.3 Å². The first-order valence-corrected chi connectivity index (χ1v) is 7.30. The molecule has 1 aliphatic rings. The lowest BCUT2D eigenvalue weighted by molar-refractivity contribution is 0.0587. The molecule has 1 fully saturated rings. The second-order valence-corrected chi connectivity index (χ2v) is 5.83. The van der Waals surface area contributed by atoms with Gasteiger partial charge in [0, 0.05) is 28.9 Å². The number of rotatable bonds is 3. The molecular weight excluding hydrogens is 324 g/mol. The fraction of sp³-hybridized carbons (Fsp3) is 0.429. The fourth-order valence-corrected chi connectivity index (χ4v) is 2.88. The van der Waals surface area contributed by atoms with Crippen LogP contribution in [-0.4, -0.2) is 36.1 Å². The lowest BCUT2D eigenvalue weighted by Crippen LogP contribution is -2.17. The Labute approximate surface area is 125 Å². The number of hydrogen-bond donors (Lipinski definition) is 0. The van der Waals surface area contributed by atoms with Crippen LogP contribution in [0.3, 0.4) is 0 Å². The van der Waals surface area contributed by atoms with E-state index in [-0.39, 0.29) is 5.97 Å². The molecule has 20 heavy (non-hydrogen) atoms. The van der Waals surface area contributed by atoms with Crippen molar-refractivity contribution in [1.29, 1.82) is 0 Å². The Hall–Kier alpha value is -1.40. The van der Waals surface area contributed by atoms with Crippen LogP contribution in [0.15, 0.2) is 22.7 Å². The van der Waals surface area contributed by atoms with Crippen molar-refractivity contribution in [1.82, 2.24) is 9.78 Å². The van der Waals surface area contributed by atoms with E-state index in [4.69, 9.17) is 9.47 Å². The summed E-state index contributed by atoms with van der Waals surface area (Å²) in [6.45, 7) is 2.18. The quantitative estimate of drug-likeness (QED) is 0.807. The molecule has 0 N–H and O–H groups in total. The van der Waals surface area contributed by atoms with Gasteiger partial charge in [-0.2, -0.15) is 5.10 Å². The summed E-state index contributed by atoms with van der Waals surface area (Å²) < 4.78 is 13.0. The fourth-order valence-electron chi connectivity index (χ4n) is 2.52. The SMILES string of the molecule is COC(=O)c1c2cc(Br)ccc2nn1CC1CCOC1. The highest BCUT2D eigenvalue weighted by Crippen LogP contribution is 2.25. The minimum absolute atomic E-state index is 0.357. The molecule has 3 rings (SSSR count). The summed E-state index contributed by atoms with van der Waals surface area (Å²) in [6.07, 6.45) is 1.00. The number of aromatic nitrogens is 2. The molecule has 5 nitrogen and oxygen atoms in total. The van der Waals surface area contributed by atoms with Crippen LogP contribution < -0.4 is 0 Å². The molecule has 0 aliphatic carbocycles. The predicted molar refractivity (Wildman–Crippen MR) is 77.7 cm³/mol. The molecule has 2 aromatic rings. The number of carbonyl (C=O) groups excluding carboxylic acids is 1. The van der Waals surface area contributed by atoms with E-state index < -0.39 is 0 Å². The summed E-state index contributed by atoms with van der Waals surface area (Å²) in [6, 6.07) is 5.71. The number of halogens is 1. The van der Waals surface area contributed by atoms with Crippen molar-refractivity contribution in [2.45, 2.75) is 13.0 Å². The molecule has 1 aliphatic heterocycles. The maximum atomic E-state index is 12.1. The van der Waals surface area contributed by atoms with Crippen LogP contribution in [-0.2, 0) is 16.0 Å². The monoisotopic (exact) mass is 338 g/mol. The van der Waals surface area contributed by atoms with Crippen LogP contribution in [0.2, 0.25) is 0 Å². The largest absolute Gasteiger partial charge is 0.464 e. The van der Waals surface area contributed by atoms with E-state index >= 15 is 0 Å². The van der Waals surface area contributed by atoms with Crippen LogP contribution in [0.5, 0.6) is 0 Å². The van der Waals surface area contributed by atoms with Crippen molar-refractivity contribution >= 4 is 32.8 Å².